The van der Waals surface area contributed by atoms with Crippen molar-refractivity contribution in [3.05, 3.63) is 103 Å². The standard InChI is InChI=1S/C24H20N2O4/c1-28-20-6-8-21(9-7-20)29-16-23-11-10-22(30-23)12-13-24(27)18-2-4-19(5-3-18)26-15-14-25-17-26/h2-15,17H,16H2,1H3/b13-12+. The van der Waals surface area contributed by atoms with E-state index in [1.54, 1.807) is 43.9 Å². The van der Waals surface area contributed by atoms with Gasteiger partial charge in [-0.15, -0.1) is 0 Å². The van der Waals surface area contributed by atoms with Gasteiger partial charge in [0, 0.05) is 23.6 Å². The molecule has 0 fully saturated rings. The summed E-state index contributed by atoms with van der Waals surface area (Å²) in [5.41, 5.74) is 1.55. The Morgan fingerprint density at radius 1 is 1.03 bits per heavy atom. The summed E-state index contributed by atoms with van der Waals surface area (Å²) < 4.78 is 18.4. The molecule has 4 rings (SSSR count). The molecule has 0 aliphatic heterocycles. The molecule has 150 valence electrons. The number of benzene rings is 2. The minimum Gasteiger partial charge on any atom is -0.497 e. The van der Waals surface area contributed by atoms with Crippen molar-refractivity contribution in [1.82, 2.24) is 9.55 Å². The number of furan rings is 1. The van der Waals surface area contributed by atoms with E-state index in [9.17, 15) is 4.79 Å². The topological polar surface area (TPSA) is 66.5 Å². The molecule has 0 saturated carbocycles. The number of hydrogen-bond acceptors (Lipinski definition) is 5. The van der Waals surface area contributed by atoms with Gasteiger partial charge in [-0.25, -0.2) is 4.98 Å². The van der Waals surface area contributed by atoms with Crippen molar-refractivity contribution in [2.75, 3.05) is 7.11 Å². The fourth-order valence-electron chi connectivity index (χ4n) is 2.85. The average molecular weight is 400 g/mol. The van der Waals surface area contributed by atoms with Gasteiger partial charge in [-0.05, 0) is 72.8 Å². The van der Waals surface area contributed by atoms with E-state index in [1.807, 2.05) is 53.2 Å². The van der Waals surface area contributed by atoms with Crippen LogP contribution in [0.5, 0.6) is 11.5 Å². The molecule has 0 aliphatic carbocycles. The lowest BCUT2D eigenvalue weighted by atomic mass is 10.1. The summed E-state index contributed by atoms with van der Waals surface area (Å²) in [6, 6.07) is 18.3. The molecule has 0 amide bonds. The molecule has 0 aliphatic rings. The van der Waals surface area contributed by atoms with Gasteiger partial charge in [0.2, 0.25) is 0 Å². The molecule has 0 N–H and O–H groups in total. The summed E-state index contributed by atoms with van der Waals surface area (Å²) in [6.45, 7) is 0.295. The molecule has 30 heavy (non-hydrogen) atoms. The quantitative estimate of drug-likeness (QED) is 0.309. The molecule has 2 heterocycles. The van der Waals surface area contributed by atoms with Gasteiger partial charge in [0.05, 0.1) is 13.4 Å². The summed E-state index contributed by atoms with van der Waals surface area (Å²) >= 11 is 0. The molecule has 2 aromatic heterocycles. The Hall–Kier alpha value is -4.06. The molecule has 2 aromatic carbocycles. The number of methoxy groups -OCH3 is 1. The Morgan fingerprint density at radius 2 is 1.80 bits per heavy atom. The second kappa shape index (κ2) is 8.96. The van der Waals surface area contributed by atoms with Gasteiger partial charge in [0.25, 0.3) is 0 Å². The van der Waals surface area contributed by atoms with Gasteiger partial charge < -0.3 is 18.5 Å². The van der Waals surface area contributed by atoms with Gasteiger partial charge >= 0.3 is 0 Å². The number of aromatic nitrogens is 2. The number of carbonyl (C=O) groups excluding carboxylic acids is 1. The van der Waals surface area contributed by atoms with Gasteiger partial charge in [0.1, 0.15) is 29.6 Å². The normalized spacial score (nSPS) is 11.0. The van der Waals surface area contributed by atoms with Crippen LogP contribution in [0.25, 0.3) is 11.8 Å². The van der Waals surface area contributed by atoms with E-state index in [2.05, 4.69) is 4.98 Å². The lowest BCUT2D eigenvalue weighted by Gasteiger charge is -2.05. The SMILES string of the molecule is COc1ccc(OCc2ccc(/C=C/C(=O)c3ccc(-n4ccnc4)cc3)o2)cc1. The maximum absolute atomic E-state index is 12.4. The molecule has 0 unspecified atom stereocenters. The van der Waals surface area contributed by atoms with E-state index >= 15 is 0 Å². The third-order valence-corrected chi connectivity index (χ3v) is 4.48. The number of carbonyl (C=O) groups is 1. The number of allylic oxidation sites excluding steroid dienone is 1. The van der Waals surface area contributed by atoms with Crippen LogP contribution >= 0.6 is 0 Å². The van der Waals surface area contributed by atoms with Crippen LogP contribution in [0.2, 0.25) is 0 Å². The molecule has 0 bridgehead atoms. The molecule has 4 aromatic rings. The summed E-state index contributed by atoms with van der Waals surface area (Å²) in [6.07, 6.45) is 8.43. The first-order chi connectivity index (χ1) is 14.7. The van der Waals surface area contributed by atoms with Crippen LogP contribution in [0, 0.1) is 0 Å². The fourth-order valence-corrected chi connectivity index (χ4v) is 2.85. The fraction of sp³-hybridized carbons (Fsp3) is 0.0833. The monoisotopic (exact) mass is 400 g/mol. The van der Waals surface area contributed by atoms with Crippen molar-refractivity contribution in [3.8, 4) is 17.2 Å². The van der Waals surface area contributed by atoms with Crippen LogP contribution in [-0.4, -0.2) is 22.4 Å². The highest BCUT2D eigenvalue weighted by Crippen LogP contribution is 2.19. The van der Waals surface area contributed by atoms with Gasteiger partial charge in [-0.2, -0.15) is 0 Å². The van der Waals surface area contributed by atoms with Crippen molar-refractivity contribution in [2.24, 2.45) is 0 Å². The van der Waals surface area contributed by atoms with E-state index in [0.717, 1.165) is 17.2 Å². The third-order valence-electron chi connectivity index (χ3n) is 4.48. The first kappa shape index (κ1) is 19.3. The smallest absolute Gasteiger partial charge is 0.185 e. The van der Waals surface area contributed by atoms with Gasteiger partial charge in [0.15, 0.2) is 5.78 Å². The molecule has 0 saturated heterocycles. The summed E-state index contributed by atoms with van der Waals surface area (Å²) in [5.74, 6) is 2.65. The highest BCUT2D eigenvalue weighted by atomic mass is 16.5. The zero-order valence-electron chi connectivity index (χ0n) is 16.4. The van der Waals surface area contributed by atoms with Gasteiger partial charge in [-0.1, -0.05) is 0 Å². The molecular weight excluding hydrogens is 380 g/mol. The largest absolute Gasteiger partial charge is 0.497 e. The maximum Gasteiger partial charge on any atom is 0.185 e. The number of ether oxygens (including phenoxy) is 2. The van der Waals surface area contributed by atoms with E-state index in [-0.39, 0.29) is 5.78 Å². The van der Waals surface area contributed by atoms with Crippen LogP contribution in [-0.2, 0) is 6.61 Å². The lowest BCUT2D eigenvalue weighted by molar-refractivity contribution is 0.104. The van der Waals surface area contributed by atoms with Crippen LogP contribution in [0.15, 0.2) is 89.9 Å². The molecule has 0 atom stereocenters. The Labute approximate surface area is 174 Å². The molecular formula is C24H20N2O4. The first-order valence-corrected chi connectivity index (χ1v) is 9.37. The van der Waals surface area contributed by atoms with Crippen LogP contribution in [0.3, 0.4) is 0 Å². The van der Waals surface area contributed by atoms with E-state index in [1.165, 1.54) is 6.08 Å². The zero-order chi connectivity index (χ0) is 20.8. The lowest BCUT2D eigenvalue weighted by Crippen LogP contribution is -1.96. The zero-order valence-corrected chi connectivity index (χ0v) is 16.4. The number of ketones is 1. The third kappa shape index (κ3) is 4.67. The Kier molecular flexibility index (Phi) is 5.75. The van der Waals surface area contributed by atoms with Crippen LogP contribution in [0.1, 0.15) is 21.9 Å². The molecule has 0 spiro atoms. The summed E-state index contributed by atoms with van der Waals surface area (Å²) in [5, 5.41) is 0. The Balaban J connectivity index is 1.33. The minimum atomic E-state index is -0.0976. The van der Waals surface area contributed by atoms with Crippen molar-refractivity contribution in [2.45, 2.75) is 6.61 Å². The van der Waals surface area contributed by atoms with Crippen molar-refractivity contribution in [1.29, 1.82) is 0 Å². The number of rotatable bonds is 8. The minimum absolute atomic E-state index is 0.0976. The van der Waals surface area contributed by atoms with E-state index in [4.69, 9.17) is 13.9 Å². The second-order valence-corrected chi connectivity index (χ2v) is 6.48. The van der Waals surface area contributed by atoms with Crippen LogP contribution < -0.4 is 9.47 Å². The number of nitrogens with zero attached hydrogens (tertiary/aromatic N) is 2. The first-order valence-electron chi connectivity index (χ1n) is 9.37. The highest BCUT2D eigenvalue weighted by Gasteiger charge is 2.05. The van der Waals surface area contributed by atoms with E-state index in [0.29, 0.717) is 23.7 Å². The molecule has 0 radical (unpaired) electrons. The highest BCUT2D eigenvalue weighted by molar-refractivity contribution is 6.06. The Bertz CT molecular complexity index is 1120. The Morgan fingerprint density at radius 3 is 2.50 bits per heavy atom. The molecule has 6 nitrogen and oxygen atoms in total. The molecule has 6 heteroatoms. The van der Waals surface area contributed by atoms with E-state index < -0.39 is 0 Å². The second-order valence-electron chi connectivity index (χ2n) is 6.48. The predicted molar refractivity (Wildman–Crippen MR) is 113 cm³/mol. The number of imidazole rings is 1. The van der Waals surface area contributed by atoms with Crippen molar-refractivity contribution in [3.63, 3.8) is 0 Å². The predicted octanol–water partition coefficient (Wildman–Crippen LogP) is 4.95. The van der Waals surface area contributed by atoms with Crippen LogP contribution in [0.4, 0.5) is 0 Å². The maximum atomic E-state index is 12.4. The van der Waals surface area contributed by atoms with Crippen molar-refractivity contribution < 1.29 is 18.7 Å². The van der Waals surface area contributed by atoms with Gasteiger partial charge in [-0.3, -0.25) is 4.79 Å². The van der Waals surface area contributed by atoms with Crippen molar-refractivity contribution >= 4 is 11.9 Å². The summed E-state index contributed by atoms with van der Waals surface area (Å²) in [4.78, 5) is 16.4. The number of hydrogen-bond donors (Lipinski definition) is 0. The average Bonchev–Trinajstić information content (AvgIpc) is 3.49. The summed E-state index contributed by atoms with van der Waals surface area (Å²) in [7, 11) is 1.62.